The number of allylic oxidation sites excluding steroid dienone is 1. The fourth-order valence-corrected chi connectivity index (χ4v) is 4.39. The normalized spacial score (nSPS) is 12.4. The van der Waals surface area contributed by atoms with Crippen LogP contribution in [0.25, 0.3) is 5.57 Å². The Kier molecular flexibility index (Phi) is 7.76. The first-order chi connectivity index (χ1) is 18.3. The van der Waals surface area contributed by atoms with Crippen molar-refractivity contribution >= 4 is 17.3 Å². The van der Waals surface area contributed by atoms with E-state index in [9.17, 15) is 14.7 Å². The molecule has 0 spiro atoms. The SMILES string of the molecule is COc1ccc(C(=O)/C(Cc2cc(OC)c(OC)c(OC)c2)=C(\C(=O)[O-])c2ccc3c(c2)OCO3)cc1C. The number of carbonyl (C=O) groups excluding carboxylic acids is 2. The molecule has 0 amide bonds. The summed E-state index contributed by atoms with van der Waals surface area (Å²) in [5, 5.41) is 12.6. The van der Waals surface area contributed by atoms with Crippen molar-refractivity contribution in [3.8, 4) is 34.5 Å². The van der Waals surface area contributed by atoms with Crippen LogP contribution >= 0.6 is 0 Å². The second kappa shape index (κ2) is 11.2. The molecule has 0 atom stereocenters. The van der Waals surface area contributed by atoms with Gasteiger partial charge in [-0.25, -0.2) is 0 Å². The molecular formula is C29H27O9-. The van der Waals surface area contributed by atoms with Crippen LogP contribution in [0.2, 0.25) is 0 Å². The molecule has 0 radical (unpaired) electrons. The molecular weight excluding hydrogens is 492 g/mol. The molecule has 38 heavy (non-hydrogen) atoms. The van der Waals surface area contributed by atoms with Crippen molar-refractivity contribution in [1.29, 1.82) is 0 Å². The van der Waals surface area contributed by atoms with Gasteiger partial charge in [0, 0.05) is 23.1 Å². The fourth-order valence-electron chi connectivity index (χ4n) is 4.39. The van der Waals surface area contributed by atoms with Crippen LogP contribution in [0.4, 0.5) is 0 Å². The van der Waals surface area contributed by atoms with E-state index in [4.69, 9.17) is 28.4 Å². The summed E-state index contributed by atoms with van der Waals surface area (Å²) >= 11 is 0. The summed E-state index contributed by atoms with van der Waals surface area (Å²) in [5.41, 5.74) is 1.56. The Labute approximate surface area is 220 Å². The van der Waals surface area contributed by atoms with E-state index in [-0.39, 0.29) is 29.9 Å². The van der Waals surface area contributed by atoms with Crippen molar-refractivity contribution in [3.63, 3.8) is 0 Å². The van der Waals surface area contributed by atoms with Gasteiger partial charge in [-0.3, -0.25) is 4.79 Å². The molecule has 198 valence electrons. The summed E-state index contributed by atoms with van der Waals surface area (Å²) in [6.45, 7) is 1.82. The molecule has 0 unspecified atom stereocenters. The Morgan fingerprint density at radius 1 is 0.789 bits per heavy atom. The van der Waals surface area contributed by atoms with Crippen LogP contribution in [0.15, 0.2) is 54.1 Å². The van der Waals surface area contributed by atoms with E-state index in [2.05, 4.69) is 0 Å². The van der Waals surface area contributed by atoms with Crippen molar-refractivity contribution in [2.45, 2.75) is 13.3 Å². The number of benzene rings is 3. The Hall–Kier alpha value is -4.66. The van der Waals surface area contributed by atoms with Gasteiger partial charge in [-0.15, -0.1) is 0 Å². The first-order valence-electron chi connectivity index (χ1n) is 11.6. The number of hydrogen-bond acceptors (Lipinski definition) is 9. The molecule has 0 fully saturated rings. The number of ether oxygens (including phenoxy) is 6. The third-order valence-electron chi connectivity index (χ3n) is 6.20. The Morgan fingerprint density at radius 3 is 2.00 bits per heavy atom. The predicted octanol–water partition coefficient (Wildman–Crippen LogP) is 3.39. The maximum atomic E-state index is 14.0. The minimum Gasteiger partial charge on any atom is -0.545 e. The van der Waals surface area contributed by atoms with Crippen LogP contribution < -0.4 is 33.5 Å². The van der Waals surface area contributed by atoms with E-state index in [1.807, 2.05) is 0 Å². The molecule has 1 heterocycles. The maximum Gasteiger partial charge on any atom is 0.231 e. The maximum absolute atomic E-state index is 14.0. The van der Waals surface area contributed by atoms with Gasteiger partial charge in [0.05, 0.1) is 34.4 Å². The molecule has 1 aliphatic rings. The van der Waals surface area contributed by atoms with Gasteiger partial charge in [0.1, 0.15) is 5.75 Å². The minimum absolute atomic E-state index is 0.00250. The first-order valence-corrected chi connectivity index (χ1v) is 11.6. The van der Waals surface area contributed by atoms with Crippen molar-refractivity contribution in [1.82, 2.24) is 0 Å². The molecule has 0 aliphatic carbocycles. The molecule has 3 aromatic carbocycles. The number of fused-ring (bicyclic) bond motifs is 1. The predicted molar refractivity (Wildman–Crippen MR) is 136 cm³/mol. The Morgan fingerprint density at radius 2 is 1.42 bits per heavy atom. The number of hydrogen-bond donors (Lipinski definition) is 0. The molecule has 0 bridgehead atoms. The third kappa shape index (κ3) is 5.08. The average molecular weight is 520 g/mol. The average Bonchev–Trinajstić information content (AvgIpc) is 3.39. The van der Waals surface area contributed by atoms with Gasteiger partial charge in [0.2, 0.25) is 12.5 Å². The fraction of sp³-hybridized carbons (Fsp3) is 0.241. The summed E-state index contributed by atoms with van der Waals surface area (Å²) in [4.78, 5) is 26.6. The molecule has 9 heteroatoms. The van der Waals surface area contributed by atoms with Crippen molar-refractivity contribution in [2.24, 2.45) is 0 Å². The van der Waals surface area contributed by atoms with E-state index in [0.29, 0.717) is 45.6 Å². The lowest BCUT2D eigenvalue weighted by atomic mass is 9.88. The second-order valence-corrected chi connectivity index (χ2v) is 8.43. The standard InChI is InChI=1S/C29H28O9/c1-16-10-19(7-8-21(16)33-2)27(30)20(11-17-12-24(34-3)28(36-5)25(13-17)35-4)26(29(31)32)18-6-9-22-23(14-18)38-15-37-22/h6-10,12-14H,11,15H2,1-5H3,(H,31,32)/p-1/b26-20-. The summed E-state index contributed by atoms with van der Waals surface area (Å²) in [6.07, 6.45) is -0.0711. The first kappa shape index (κ1) is 26.4. The van der Waals surface area contributed by atoms with Gasteiger partial charge >= 0.3 is 0 Å². The van der Waals surface area contributed by atoms with Crippen molar-refractivity contribution in [2.75, 3.05) is 35.2 Å². The van der Waals surface area contributed by atoms with Crippen molar-refractivity contribution in [3.05, 3.63) is 76.4 Å². The van der Waals surface area contributed by atoms with Crippen LogP contribution in [-0.4, -0.2) is 47.0 Å². The zero-order valence-corrected chi connectivity index (χ0v) is 21.7. The lowest BCUT2D eigenvalue weighted by molar-refractivity contribution is -0.295. The van der Waals surface area contributed by atoms with Gasteiger partial charge in [-0.05, 0) is 66.1 Å². The molecule has 0 N–H and O–H groups in total. The monoisotopic (exact) mass is 519 g/mol. The number of carboxylic acids is 1. The van der Waals surface area contributed by atoms with E-state index in [1.165, 1.54) is 34.5 Å². The molecule has 3 aromatic rings. The van der Waals surface area contributed by atoms with E-state index < -0.39 is 11.8 Å². The molecule has 0 aromatic heterocycles. The van der Waals surface area contributed by atoms with Crippen molar-refractivity contribution < 1.29 is 43.1 Å². The topological polar surface area (TPSA) is 113 Å². The number of carboxylic acid groups (broad SMARTS) is 1. The molecule has 1 aliphatic heterocycles. The summed E-state index contributed by atoms with van der Waals surface area (Å²) in [6, 6.07) is 12.9. The molecule has 9 nitrogen and oxygen atoms in total. The highest BCUT2D eigenvalue weighted by Gasteiger charge is 2.24. The highest BCUT2D eigenvalue weighted by Crippen LogP contribution is 2.40. The largest absolute Gasteiger partial charge is 0.545 e. The van der Waals surface area contributed by atoms with Crippen LogP contribution in [0.1, 0.15) is 27.0 Å². The summed E-state index contributed by atoms with van der Waals surface area (Å²) < 4.78 is 32.4. The number of aryl methyl sites for hydroxylation is 1. The molecule has 0 saturated heterocycles. The minimum atomic E-state index is -1.51. The van der Waals surface area contributed by atoms with E-state index in [1.54, 1.807) is 49.4 Å². The Balaban J connectivity index is 1.92. The smallest absolute Gasteiger partial charge is 0.231 e. The van der Waals surface area contributed by atoms with Crippen LogP contribution in [-0.2, 0) is 11.2 Å². The zero-order chi connectivity index (χ0) is 27.4. The quantitative estimate of drug-likeness (QED) is 0.294. The number of Topliss-reactive ketones (excluding diaryl/α,β-unsaturated/α-hetero) is 1. The van der Waals surface area contributed by atoms with Crippen LogP contribution in [0.5, 0.6) is 34.5 Å². The lowest BCUT2D eigenvalue weighted by Gasteiger charge is -2.19. The van der Waals surface area contributed by atoms with Gasteiger partial charge in [-0.1, -0.05) is 6.07 Å². The Bertz CT molecular complexity index is 1400. The second-order valence-electron chi connectivity index (χ2n) is 8.43. The molecule has 4 rings (SSSR count). The van der Waals surface area contributed by atoms with Gasteiger partial charge in [0.15, 0.2) is 28.8 Å². The third-order valence-corrected chi connectivity index (χ3v) is 6.20. The number of methoxy groups -OCH3 is 4. The number of rotatable bonds is 10. The van der Waals surface area contributed by atoms with Gasteiger partial charge in [-0.2, -0.15) is 0 Å². The van der Waals surface area contributed by atoms with Gasteiger partial charge in [0.25, 0.3) is 0 Å². The van der Waals surface area contributed by atoms with E-state index in [0.717, 1.165) is 5.56 Å². The number of ketones is 1. The van der Waals surface area contributed by atoms with Gasteiger partial charge < -0.3 is 38.3 Å². The number of carbonyl (C=O) groups is 2. The molecule has 0 saturated carbocycles. The highest BCUT2D eigenvalue weighted by atomic mass is 16.7. The van der Waals surface area contributed by atoms with Crippen LogP contribution in [0, 0.1) is 6.92 Å². The summed E-state index contributed by atoms with van der Waals surface area (Å²) in [5.74, 6) is 0.575. The number of aliphatic carboxylic acids is 1. The highest BCUT2D eigenvalue weighted by molar-refractivity contribution is 6.25. The lowest BCUT2D eigenvalue weighted by Crippen LogP contribution is -2.27. The van der Waals surface area contributed by atoms with E-state index >= 15 is 0 Å². The zero-order valence-electron chi connectivity index (χ0n) is 21.7. The summed E-state index contributed by atoms with van der Waals surface area (Å²) in [7, 11) is 5.97. The van der Waals surface area contributed by atoms with Crippen LogP contribution in [0.3, 0.4) is 0 Å².